The van der Waals surface area contributed by atoms with Crippen LogP contribution in [0, 0.1) is 0 Å². The van der Waals surface area contributed by atoms with Gasteiger partial charge in [-0.15, -0.1) is 0 Å². The Balaban J connectivity index is 2.30. The highest BCUT2D eigenvalue weighted by Gasteiger charge is 2.56. The van der Waals surface area contributed by atoms with E-state index in [4.69, 9.17) is 4.74 Å². The Kier molecular flexibility index (Phi) is 3.87. The molecule has 0 spiro atoms. The van der Waals surface area contributed by atoms with Crippen molar-refractivity contribution in [1.29, 1.82) is 0 Å². The van der Waals surface area contributed by atoms with E-state index in [1.54, 1.807) is 0 Å². The molecule has 1 aliphatic heterocycles. The molecule has 2 rings (SSSR count). The summed E-state index contributed by atoms with van der Waals surface area (Å²) in [5.41, 5.74) is -3.30. The highest BCUT2D eigenvalue weighted by atomic mass is 32.2. The molecule has 0 saturated carbocycles. The second-order valence-corrected chi connectivity index (χ2v) is 6.33. The normalized spacial score (nSPS) is 22.4. The van der Waals surface area contributed by atoms with Crippen molar-refractivity contribution < 1.29 is 26.3 Å². The van der Waals surface area contributed by atoms with Crippen molar-refractivity contribution in [3.05, 3.63) is 30.3 Å². The summed E-state index contributed by atoms with van der Waals surface area (Å²) in [4.78, 5) is -0.458. The van der Waals surface area contributed by atoms with E-state index in [9.17, 15) is 21.6 Å². The van der Waals surface area contributed by atoms with Gasteiger partial charge >= 0.3 is 5.92 Å². The average molecular weight is 294 g/mol. The summed E-state index contributed by atoms with van der Waals surface area (Å²) in [6.07, 6.45) is -1.35. The minimum atomic E-state index is -4.73. The molecule has 106 valence electrons. The summed E-state index contributed by atoms with van der Waals surface area (Å²) in [5.74, 6) is -4.05. The molecule has 3 nitrogen and oxygen atoms in total. The maximum absolute atomic E-state index is 13.9. The van der Waals surface area contributed by atoms with E-state index >= 15 is 0 Å². The van der Waals surface area contributed by atoms with Crippen LogP contribution in [0.25, 0.3) is 0 Å². The fourth-order valence-corrected chi connectivity index (χ4v) is 3.30. The number of benzene rings is 1. The Morgan fingerprint density at radius 3 is 2.42 bits per heavy atom. The molecular formula is C12H13F3O3S. The molecule has 1 fully saturated rings. The minimum Gasteiger partial charge on any atom is -0.372 e. The van der Waals surface area contributed by atoms with Crippen molar-refractivity contribution in [3.8, 4) is 0 Å². The van der Waals surface area contributed by atoms with Crippen LogP contribution < -0.4 is 0 Å². The van der Waals surface area contributed by atoms with Crippen LogP contribution in [0.4, 0.5) is 13.2 Å². The van der Waals surface area contributed by atoms with E-state index in [1.807, 2.05) is 0 Å². The van der Waals surface area contributed by atoms with Gasteiger partial charge in [0.25, 0.3) is 5.50 Å². The van der Waals surface area contributed by atoms with Gasteiger partial charge in [-0.3, -0.25) is 0 Å². The third kappa shape index (κ3) is 2.62. The van der Waals surface area contributed by atoms with Gasteiger partial charge in [-0.05, 0) is 25.0 Å². The van der Waals surface area contributed by atoms with Crippen LogP contribution in [0.3, 0.4) is 0 Å². The summed E-state index contributed by atoms with van der Waals surface area (Å²) in [7, 11) is -4.73. The Hall–Kier alpha value is -1.08. The van der Waals surface area contributed by atoms with Gasteiger partial charge in [0.2, 0.25) is 9.84 Å². The molecule has 1 heterocycles. The van der Waals surface area contributed by atoms with Crippen molar-refractivity contribution >= 4 is 9.84 Å². The zero-order valence-corrected chi connectivity index (χ0v) is 10.7. The van der Waals surface area contributed by atoms with E-state index in [0.29, 0.717) is 6.42 Å². The van der Waals surface area contributed by atoms with Crippen LogP contribution in [0.1, 0.15) is 12.8 Å². The first-order valence-corrected chi connectivity index (χ1v) is 7.34. The largest absolute Gasteiger partial charge is 0.372 e. The lowest BCUT2D eigenvalue weighted by Crippen LogP contribution is -2.46. The first-order chi connectivity index (χ1) is 8.87. The zero-order valence-electron chi connectivity index (χ0n) is 9.93. The smallest absolute Gasteiger partial charge is 0.318 e. The van der Waals surface area contributed by atoms with Crippen LogP contribution in [0.15, 0.2) is 35.2 Å². The SMILES string of the molecule is O=S(=O)(c1ccccc1)C(F)C(F)(F)C1CCCO1. The van der Waals surface area contributed by atoms with E-state index in [0.717, 1.165) is 12.1 Å². The molecule has 0 aromatic heterocycles. The second kappa shape index (κ2) is 5.13. The molecule has 0 amide bonds. The zero-order chi connectivity index (χ0) is 14.1. The summed E-state index contributed by atoms with van der Waals surface area (Å²) >= 11 is 0. The van der Waals surface area contributed by atoms with Crippen molar-refractivity contribution in [3.63, 3.8) is 0 Å². The Morgan fingerprint density at radius 2 is 1.89 bits per heavy atom. The molecule has 19 heavy (non-hydrogen) atoms. The van der Waals surface area contributed by atoms with Gasteiger partial charge in [0.15, 0.2) is 0 Å². The quantitative estimate of drug-likeness (QED) is 0.857. The molecule has 0 aliphatic carbocycles. The van der Waals surface area contributed by atoms with Gasteiger partial charge < -0.3 is 4.74 Å². The lowest BCUT2D eigenvalue weighted by molar-refractivity contribution is -0.138. The molecule has 1 aliphatic rings. The molecule has 7 heteroatoms. The average Bonchev–Trinajstić information content (AvgIpc) is 2.93. The third-order valence-electron chi connectivity index (χ3n) is 3.01. The highest BCUT2D eigenvalue weighted by molar-refractivity contribution is 7.92. The molecular weight excluding hydrogens is 281 g/mol. The molecule has 2 atom stereocenters. The number of sulfone groups is 1. The second-order valence-electron chi connectivity index (χ2n) is 4.35. The Morgan fingerprint density at radius 1 is 1.26 bits per heavy atom. The topological polar surface area (TPSA) is 43.4 Å². The maximum Gasteiger partial charge on any atom is 0.318 e. The Labute approximate surface area is 109 Å². The monoisotopic (exact) mass is 294 g/mol. The summed E-state index contributed by atoms with van der Waals surface area (Å²) in [6.45, 7) is 0.0956. The fraction of sp³-hybridized carbons (Fsp3) is 0.500. The number of hydrogen-bond acceptors (Lipinski definition) is 3. The standard InChI is InChI=1S/C12H13F3O3S/c13-11(12(14,15)10-7-4-8-18-10)19(16,17)9-5-2-1-3-6-9/h1-3,5-6,10-11H,4,7-8H2. The summed E-state index contributed by atoms with van der Waals surface area (Å²) in [5, 5.41) is 0. The van der Waals surface area contributed by atoms with Crippen LogP contribution in [-0.2, 0) is 14.6 Å². The van der Waals surface area contributed by atoms with Gasteiger partial charge in [-0.1, -0.05) is 18.2 Å². The minimum absolute atomic E-state index is 0.0439. The molecule has 1 saturated heterocycles. The van der Waals surface area contributed by atoms with Gasteiger partial charge in [0.05, 0.1) is 4.90 Å². The van der Waals surface area contributed by atoms with Crippen LogP contribution in [-0.4, -0.2) is 32.6 Å². The first-order valence-electron chi connectivity index (χ1n) is 5.79. The predicted molar refractivity (Wildman–Crippen MR) is 62.4 cm³/mol. The van der Waals surface area contributed by atoms with Gasteiger partial charge in [-0.2, -0.15) is 8.78 Å². The number of alkyl halides is 3. The number of ether oxygens (including phenoxy) is 1. The highest BCUT2D eigenvalue weighted by Crippen LogP contribution is 2.37. The summed E-state index contributed by atoms with van der Waals surface area (Å²) < 4.78 is 69.9. The lowest BCUT2D eigenvalue weighted by atomic mass is 10.1. The van der Waals surface area contributed by atoms with Gasteiger partial charge in [0, 0.05) is 6.61 Å². The van der Waals surface area contributed by atoms with Crippen LogP contribution in [0.2, 0.25) is 0 Å². The number of hydrogen-bond donors (Lipinski definition) is 0. The fourth-order valence-electron chi connectivity index (χ4n) is 1.96. The molecule has 1 aromatic rings. The Bertz CT molecular complexity index is 524. The molecule has 2 unspecified atom stereocenters. The summed E-state index contributed by atoms with van der Waals surface area (Å²) in [6, 6.07) is 6.40. The van der Waals surface area contributed by atoms with E-state index in [2.05, 4.69) is 0 Å². The predicted octanol–water partition coefficient (Wildman–Crippen LogP) is 2.57. The van der Waals surface area contributed by atoms with Crippen LogP contribution >= 0.6 is 0 Å². The molecule has 0 radical (unpaired) electrons. The van der Waals surface area contributed by atoms with Crippen molar-refractivity contribution in [2.75, 3.05) is 6.61 Å². The molecule has 1 aromatic carbocycles. The maximum atomic E-state index is 13.9. The van der Waals surface area contributed by atoms with Gasteiger partial charge in [-0.25, -0.2) is 12.8 Å². The number of rotatable bonds is 4. The van der Waals surface area contributed by atoms with Gasteiger partial charge in [0.1, 0.15) is 6.10 Å². The molecule has 0 N–H and O–H groups in total. The lowest BCUT2D eigenvalue weighted by Gasteiger charge is -2.25. The molecule has 0 bridgehead atoms. The third-order valence-corrected chi connectivity index (χ3v) is 4.79. The van der Waals surface area contributed by atoms with Crippen molar-refractivity contribution in [1.82, 2.24) is 0 Å². The van der Waals surface area contributed by atoms with Crippen molar-refractivity contribution in [2.24, 2.45) is 0 Å². The van der Waals surface area contributed by atoms with E-state index < -0.39 is 32.3 Å². The van der Waals surface area contributed by atoms with Crippen molar-refractivity contribution in [2.45, 2.75) is 35.3 Å². The first kappa shape index (κ1) is 14.3. The van der Waals surface area contributed by atoms with E-state index in [1.165, 1.54) is 18.2 Å². The van der Waals surface area contributed by atoms with E-state index in [-0.39, 0.29) is 13.0 Å². The van der Waals surface area contributed by atoms with Crippen LogP contribution in [0.5, 0.6) is 0 Å². The number of halogens is 3.